The van der Waals surface area contributed by atoms with Gasteiger partial charge in [-0.1, -0.05) is 0 Å². The minimum absolute atomic E-state index is 0.0551. The predicted octanol–water partition coefficient (Wildman–Crippen LogP) is 4.60. The number of hydrogen-bond donors (Lipinski definition) is 0. The molecule has 1 amide bonds. The molecule has 0 aromatic rings. The summed E-state index contributed by atoms with van der Waals surface area (Å²) in [6, 6.07) is 0. The van der Waals surface area contributed by atoms with Crippen LogP contribution < -0.4 is 0 Å². The number of hydrogen-bond acceptors (Lipinski definition) is 2. The molecule has 4 bridgehead atoms. The van der Waals surface area contributed by atoms with Gasteiger partial charge in [0.05, 0.1) is 0 Å². The molecule has 1 heterocycles. The van der Waals surface area contributed by atoms with Crippen molar-refractivity contribution in [2.75, 3.05) is 13.1 Å². The van der Waals surface area contributed by atoms with Crippen LogP contribution in [0, 0.1) is 23.2 Å². The molecule has 3 heteroatoms. The van der Waals surface area contributed by atoms with Gasteiger partial charge in [-0.15, -0.1) is 0 Å². The third kappa shape index (κ3) is 2.35. The Morgan fingerprint density at radius 1 is 0.955 bits per heavy atom. The number of carbonyl (C=O) groups excluding carboxylic acids is 1. The average molecular weight is 305 g/mol. The van der Waals surface area contributed by atoms with Crippen LogP contribution in [-0.2, 0) is 4.74 Å². The Kier molecular flexibility index (Phi) is 3.47. The second-order valence-electron chi connectivity index (χ2n) is 9.12. The number of rotatable bonds is 2. The monoisotopic (exact) mass is 305 g/mol. The van der Waals surface area contributed by atoms with Gasteiger partial charge in [0.25, 0.3) is 0 Å². The first-order valence-electron chi connectivity index (χ1n) is 9.45. The molecule has 0 unspecified atom stereocenters. The van der Waals surface area contributed by atoms with E-state index in [9.17, 15) is 4.79 Å². The van der Waals surface area contributed by atoms with Gasteiger partial charge in [-0.3, -0.25) is 0 Å². The molecule has 0 radical (unpaired) electrons. The van der Waals surface area contributed by atoms with Crippen molar-refractivity contribution in [3.63, 3.8) is 0 Å². The first-order chi connectivity index (χ1) is 10.5. The zero-order valence-corrected chi connectivity index (χ0v) is 14.3. The lowest BCUT2D eigenvalue weighted by molar-refractivity contribution is -0.167. The summed E-state index contributed by atoms with van der Waals surface area (Å²) in [6.45, 7) is 6.16. The Labute approximate surface area is 134 Å². The summed E-state index contributed by atoms with van der Waals surface area (Å²) in [5.41, 5.74) is -0.0509. The van der Waals surface area contributed by atoms with E-state index in [0.29, 0.717) is 0 Å². The van der Waals surface area contributed by atoms with Gasteiger partial charge in [0.2, 0.25) is 0 Å². The molecule has 0 spiro atoms. The SMILES string of the molecule is CC(C)(OC(=O)N1CCCCC1)C12CC3CC(CC(C3)C1)C2. The minimum atomic E-state index is -0.308. The predicted molar refractivity (Wildman–Crippen MR) is 86.6 cm³/mol. The van der Waals surface area contributed by atoms with Crippen molar-refractivity contribution in [1.29, 1.82) is 0 Å². The maximum absolute atomic E-state index is 12.6. The molecule has 5 rings (SSSR count). The molecule has 5 aliphatic rings. The van der Waals surface area contributed by atoms with E-state index in [1.54, 1.807) is 0 Å². The second kappa shape index (κ2) is 5.14. The average Bonchev–Trinajstić information content (AvgIpc) is 2.46. The molecule has 0 N–H and O–H groups in total. The van der Waals surface area contributed by atoms with Crippen molar-refractivity contribution >= 4 is 6.09 Å². The first-order valence-corrected chi connectivity index (χ1v) is 9.45. The molecule has 1 saturated heterocycles. The van der Waals surface area contributed by atoms with Crippen LogP contribution in [0.4, 0.5) is 4.79 Å². The fraction of sp³-hybridized carbons (Fsp3) is 0.947. The second-order valence-corrected chi connectivity index (χ2v) is 9.12. The van der Waals surface area contributed by atoms with E-state index in [1.807, 2.05) is 4.90 Å². The maximum atomic E-state index is 12.6. The number of nitrogens with zero attached hydrogens (tertiary/aromatic N) is 1. The lowest BCUT2D eigenvalue weighted by Gasteiger charge is -2.61. The van der Waals surface area contributed by atoms with E-state index >= 15 is 0 Å². The molecule has 3 nitrogen and oxygen atoms in total. The molecule has 0 aromatic carbocycles. The van der Waals surface area contributed by atoms with Crippen LogP contribution in [0.1, 0.15) is 71.6 Å². The van der Waals surface area contributed by atoms with Crippen molar-refractivity contribution < 1.29 is 9.53 Å². The molecule has 4 aliphatic carbocycles. The van der Waals surface area contributed by atoms with Crippen LogP contribution >= 0.6 is 0 Å². The highest BCUT2D eigenvalue weighted by molar-refractivity contribution is 5.68. The third-order valence-corrected chi connectivity index (χ3v) is 7.27. The third-order valence-electron chi connectivity index (χ3n) is 7.27. The Balaban J connectivity index is 1.49. The minimum Gasteiger partial charge on any atom is -0.443 e. The van der Waals surface area contributed by atoms with Gasteiger partial charge in [-0.05, 0) is 89.4 Å². The first kappa shape index (κ1) is 14.8. The molecule has 0 aromatic heterocycles. The number of carbonyl (C=O) groups is 1. The Morgan fingerprint density at radius 3 is 1.95 bits per heavy atom. The summed E-state index contributed by atoms with van der Waals surface area (Å²) in [7, 11) is 0. The van der Waals surface area contributed by atoms with Gasteiger partial charge in [-0.2, -0.15) is 0 Å². The largest absolute Gasteiger partial charge is 0.443 e. The molecule has 0 atom stereocenters. The van der Waals surface area contributed by atoms with Crippen LogP contribution in [0.2, 0.25) is 0 Å². The van der Waals surface area contributed by atoms with Crippen molar-refractivity contribution in [3.8, 4) is 0 Å². The van der Waals surface area contributed by atoms with Gasteiger partial charge in [0.1, 0.15) is 5.60 Å². The topological polar surface area (TPSA) is 29.5 Å². The smallest absolute Gasteiger partial charge is 0.410 e. The van der Waals surface area contributed by atoms with Crippen LogP contribution in [-0.4, -0.2) is 29.7 Å². The van der Waals surface area contributed by atoms with Crippen LogP contribution in [0.5, 0.6) is 0 Å². The standard InChI is InChI=1S/C19H31NO2/c1-18(2,22-17(21)20-6-4-3-5-7-20)19-11-14-8-15(12-19)10-16(9-14)13-19/h14-16H,3-13H2,1-2H3. The zero-order valence-electron chi connectivity index (χ0n) is 14.3. The summed E-state index contributed by atoms with van der Waals surface area (Å²) in [5, 5.41) is 0. The number of piperidine rings is 1. The fourth-order valence-electron chi connectivity index (χ4n) is 6.32. The summed E-state index contributed by atoms with van der Waals surface area (Å²) in [4.78, 5) is 14.5. The quantitative estimate of drug-likeness (QED) is 0.746. The Morgan fingerprint density at radius 2 is 1.45 bits per heavy atom. The van der Waals surface area contributed by atoms with E-state index in [4.69, 9.17) is 4.74 Å². The van der Waals surface area contributed by atoms with Crippen LogP contribution in [0.15, 0.2) is 0 Å². The molecule has 4 saturated carbocycles. The van der Waals surface area contributed by atoms with Gasteiger partial charge < -0.3 is 9.64 Å². The van der Waals surface area contributed by atoms with E-state index in [0.717, 1.165) is 43.7 Å². The number of amides is 1. The molecule has 22 heavy (non-hydrogen) atoms. The molecular weight excluding hydrogens is 274 g/mol. The lowest BCUT2D eigenvalue weighted by Crippen LogP contribution is -2.58. The highest BCUT2D eigenvalue weighted by Gasteiger charge is 2.58. The Bertz CT molecular complexity index is 415. The zero-order chi connectivity index (χ0) is 15.4. The van der Waals surface area contributed by atoms with Crippen molar-refractivity contribution in [1.82, 2.24) is 4.90 Å². The van der Waals surface area contributed by atoms with Crippen LogP contribution in [0.25, 0.3) is 0 Å². The molecule has 124 valence electrons. The van der Waals surface area contributed by atoms with E-state index in [1.165, 1.54) is 44.9 Å². The molecule has 5 fully saturated rings. The summed E-state index contributed by atoms with van der Waals surface area (Å²) < 4.78 is 6.15. The summed E-state index contributed by atoms with van der Waals surface area (Å²) in [5.74, 6) is 2.71. The van der Waals surface area contributed by atoms with E-state index < -0.39 is 0 Å². The lowest BCUT2D eigenvalue weighted by atomic mass is 9.46. The van der Waals surface area contributed by atoms with Crippen molar-refractivity contribution in [2.45, 2.75) is 77.2 Å². The Hall–Kier alpha value is -0.730. The number of likely N-dealkylation sites (tertiary alicyclic amines) is 1. The molecular formula is C19H31NO2. The highest BCUT2D eigenvalue weighted by Crippen LogP contribution is 2.64. The van der Waals surface area contributed by atoms with Crippen molar-refractivity contribution in [2.24, 2.45) is 23.2 Å². The fourth-order valence-corrected chi connectivity index (χ4v) is 6.32. The summed E-state index contributed by atoms with van der Waals surface area (Å²) >= 11 is 0. The van der Waals surface area contributed by atoms with Gasteiger partial charge >= 0.3 is 6.09 Å². The molecule has 1 aliphatic heterocycles. The van der Waals surface area contributed by atoms with E-state index in [2.05, 4.69) is 13.8 Å². The summed E-state index contributed by atoms with van der Waals surface area (Å²) in [6.07, 6.45) is 11.7. The van der Waals surface area contributed by atoms with Crippen molar-refractivity contribution in [3.05, 3.63) is 0 Å². The van der Waals surface area contributed by atoms with Gasteiger partial charge in [0.15, 0.2) is 0 Å². The number of ether oxygens (including phenoxy) is 1. The highest BCUT2D eigenvalue weighted by atomic mass is 16.6. The van der Waals surface area contributed by atoms with Gasteiger partial charge in [-0.25, -0.2) is 4.79 Å². The van der Waals surface area contributed by atoms with Gasteiger partial charge in [0, 0.05) is 18.5 Å². The normalized spacial score (nSPS) is 40.8. The van der Waals surface area contributed by atoms with Crippen LogP contribution in [0.3, 0.4) is 0 Å². The maximum Gasteiger partial charge on any atom is 0.410 e. The van der Waals surface area contributed by atoms with E-state index in [-0.39, 0.29) is 17.1 Å².